The van der Waals surface area contributed by atoms with E-state index in [4.69, 9.17) is 21.2 Å². The van der Waals surface area contributed by atoms with Crippen LogP contribution >= 0.6 is 0 Å². The van der Waals surface area contributed by atoms with E-state index in [2.05, 4.69) is 19.9 Å². The number of methoxy groups -OCH3 is 1. The first-order chi connectivity index (χ1) is 19.1. The lowest BCUT2D eigenvalue weighted by Gasteiger charge is -2.55. The maximum Gasteiger partial charge on any atom is 0.275 e. The second-order valence-corrected chi connectivity index (χ2v) is 10.3. The van der Waals surface area contributed by atoms with Crippen molar-refractivity contribution >= 4 is 22.7 Å². The Labute approximate surface area is 227 Å². The van der Waals surface area contributed by atoms with Crippen LogP contribution in [0.25, 0.3) is 22.6 Å². The molecule has 5 heterocycles. The van der Waals surface area contributed by atoms with E-state index in [1.807, 2.05) is 4.90 Å². The number of halogens is 3. The molecule has 1 saturated carbocycles. The van der Waals surface area contributed by atoms with Crippen LogP contribution in [-0.4, -0.2) is 71.9 Å². The number of fused-ring (bicyclic) bond motifs is 2. The number of anilines is 2. The van der Waals surface area contributed by atoms with Gasteiger partial charge in [-0.2, -0.15) is 4.39 Å². The van der Waals surface area contributed by atoms with Crippen molar-refractivity contribution in [2.75, 3.05) is 24.3 Å². The van der Waals surface area contributed by atoms with Gasteiger partial charge in [-0.1, -0.05) is 0 Å². The molecule has 1 aliphatic heterocycles. The van der Waals surface area contributed by atoms with Crippen molar-refractivity contribution in [3.63, 3.8) is 0 Å². The van der Waals surface area contributed by atoms with Crippen LogP contribution in [0.4, 0.5) is 24.7 Å². The molecule has 11 nitrogen and oxygen atoms in total. The third-order valence-electron chi connectivity index (χ3n) is 7.97. The van der Waals surface area contributed by atoms with Crippen molar-refractivity contribution in [3.05, 3.63) is 48.6 Å². The predicted molar refractivity (Wildman–Crippen MR) is 140 cm³/mol. The van der Waals surface area contributed by atoms with Gasteiger partial charge in [-0.15, -0.1) is 0 Å². The molecule has 1 unspecified atom stereocenters. The number of ether oxygens (including phenoxy) is 1. The molecule has 0 radical (unpaired) electrons. The summed E-state index contributed by atoms with van der Waals surface area (Å²) in [7, 11) is 1.35. The highest BCUT2D eigenvalue weighted by Gasteiger charge is 2.60. The fraction of sp³-hybridized carbons (Fsp3) is 0.423. The lowest BCUT2D eigenvalue weighted by atomic mass is 9.68. The smallest absolute Gasteiger partial charge is 0.275 e. The fourth-order valence-electron chi connectivity index (χ4n) is 5.97. The van der Waals surface area contributed by atoms with Gasteiger partial charge in [0.15, 0.2) is 17.2 Å². The largest absolute Gasteiger partial charge is 0.492 e. The number of aliphatic hydroxyl groups excluding tert-OH is 1. The number of hydrogen-bond acceptors (Lipinski definition) is 10. The van der Waals surface area contributed by atoms with Gasteiger partial charge in [0.1, 0.15) is 17.9 Å². The second kappa shape index (κ2) is 9.55. The van der Waals surface area contributed by atoms with E-state index in [1.54, 1.807) is 29.1 Å². The monoisotopic (exact) mass is 555 g/mol. The van der Waals surface area contributed by atoms with E-state index >= 15 is 0 Å². The fourth-order valence-corrected chi connectivity index (χ4v) is 5.97. The van der Waals surface area contributed by atoms with Crippen LogP contribution in [-0.2, 0) is 6.54 Å². The summed E-state index contributed by atoms with van der Waals surface area (Å²) < 4.78 is 50.3. The second-order valence-electron chi connectivity index (χ2n) is 10.3. The van der Waals surface area contributed by atoms with Crippen molar-refractivity contribution < 1.29 is 23.0 Å². The van der Waals surface area contributed by atoms with Crippen LogP contribution in [0.5, 0.6) is 5.75 Å². The molecule has 40 heavy (non-hydrogen) atoms. The Bertz CT molecular complexity index is 1580. The standard InChI is InChI=1S/C26H28F3N9O2/c1-40-18-6-4-15(36-21(18)27)14-3-5-17(16(35-14)11-37-13-34-20-22(30)32-12-33-23(20)37)38-10-2-8-25(31)19(38)7-9-26(28,29)24(25)39/h3-6,12-13,19,24,39H,2,7-11,31H2,1H3,(H2,30,32,33)/t19?,24-,25-/m1/s1. The van der Waals surface area contributed by atoms with Crippen molar-refractivity contribution in [1.82, 2.24) is 29.5 Å². The van der Waals surface area contributed by atoms with Gasteiger partial charge in [-0.25, -0.2) is 33.7 Å². The van der Waals surface area contributed by atoms with E-state index in [9.17, 15) is 18.3 Å². The molecule has 2 fully saturated rings. The first-order valence-corrected chi connectivity index (χ1v) is 12.9. The Morgan fingerprint density at radius 1 is 1.10 bits per heavy atom. The summed E-state index contributed by atoms with van der Waals surface area (Å²) in [6.45, 7) is 0.708. The summed E-state index contributed by atoms with van der Waals surface area (Å²) >= 11 is 0. The highest BCUT2D eigenvalue weighted by atomic mass is 19.3. The number of imidazole rings is 1. The third-order valence-corrected chi connectivity index (χ3v) is 7.97. The van der Waals surface area contributed by atoms with Gasteiger partial charge >= 0.3 is 0 Å². The number of nitrogen functional groups attached to an aromatic ring is 1. The third kappa shape index (κ3) is 4.18. The van der Waals surface area contributed by atoms with Crippen molar-refractivity contribution in [1.29, 1.82) is 0 Å². The van der Waals surface area contributed by atoms with E-state index in [1.165, 1.54) is 19.5 Å². The quantitative estimate of drug-likeness (QED) is 0.313. The molecule has 3 atom stereocenters. The van der Waals surface area contributed by atoms with Crippen LogP contribution in [0, 0.1) is 5.95 Å². The zero-order valence-electron chi connectivity index (χ0n) is 21.6. The van der Waals surface area contributed by atoms with Gasteiger partial charge < -0.3 is 30.8 Å². The molecule has 1 aliphatic carbocycles. The number of rotatable bonds is 5. The average molecular weight is 556 g/mol. The Hall–Kier alpha value is -4.04. The van der Waals surface area contributed by atoms with Crippen LogP contribution in [0.15, 0.2) is 36.9 Å². The molecule has 4 aromatic heterocycles. The van der Waals surface area contributed by atoms with Gasteiger partial charge in [0.05, 0.1) is 48.3 Å². The number of pyridine rings is 2. The van der Waals surface area contributed by atoms with E-state index < -0.39 is 36.0 Å². The SMILES string of the molecule is COc1ccc(-c2ccc(N3CCC[C@@]4(N)C3CCC(F)(F)[C@@H]4O)c(Cn3cnc4c(N)ncnc43)n2)nc1F. The van der Waals surface area contributed by atoms with Crippen molar-refractivity contribution in [2.45, 2.75) is 55.8 Å². The molecular weight excluding hydrogens is 527 g/mol. The molecule has 0 aromatic carbocycles. The minimum atomic E-state index is -3.27. The van der Waals surface area contributed by atoms with Gasteiger partial charge in [-0.3, -0.25) is 0 Å². The number of alkyl halides is 2. The van der Waals surface area contributed by atoms with Crippen molar-refractivity contribution in [3.8, 4) is 17.1 Å². The molecule has 210 valence electrons. The topological polar surface area (TPSA) is 154 Å². The first kappa shape index (κ1) is 26.2. The van der Waals surface area contributed by atoms with E-state index in [-0.39, 0.29) is 36.6 Å². The Morgan fingerprint density at radius 2 is 1.88 bits per heavy atom. The highest BCUT2D eigenvalue weighted by molar-refractivity contribution is 5.81. The molecule has 0 bridgehead atoms. The van der Waals surface area contributed by atoms with Gasteiger partial charge in [0.2, 0.25) is 0 Å². The summed E-state index contributed by atoms with van der Waals surface area (Å²) in [6, 6.07) is 6.01. The minimum absolute atomic E-state index is 0.00279. The van der Waals surface area contributed by atoms with Crippen LogP contribution < -0.4 is 21.1 Å². The summed E-state index contributed by atoms with van der Waals surface area (Å²) in [5.41, 5.74) is 13.8. The molecule has 14 heteroatoms. The maximum absolute atomic E-state index is 14.5. The normalized spacial score (nSPS) is 24.2. The van der Waals surface area contributed by atoms with Gasteiger partial charge in [0, 0.05) is 19.0 Å². The number of nitrogens with zero attached hydrogens (tertiary/aromatic N) is 7. The molecular formula is C26H28F3N9O2. The number of aromatic nitrogens is 6. The summed E-state index contributed by atoms with van der Waals surface area (Å²) in [4.78, 5) is 23.4. The maximum atomic E-state index is 14.5. The molecule has 2 aliphatic rings. The number of piperidine rings is 1. The molecule has 6 rings (SSSR count). The number of nitrogens with two attached hydrogens (primary N) is 2. The van der Waals surface area contributed by atoms with E-state index in [0.29, 0.717) is 41.2 Å². The van der Waals surface area contributed by atoms with Crippen molar-refractivity contribution in [2.24, 2.45) is 5.73 Å². The Balaban J connectivity index is 1.45. The zero-order valence-corrected chi connectivity index (χ0v) is 21.6. The summed E-state index contributed by atoms with van der Waals surface area (Å²) in [5, 5.41) is 10.6. The van der Waals surface area contributed by atoms with Gasteiger partial charge in [0.25, 0.3) is 11.9 Å². The van der Waals surface area contributed by atoms with Crippen LogP contribution in [0.2, 0.25) is 0 Å². The minimum Gasteiger partial charge on any atom is -0.492 e. The molecule has 0 amide bonds. The number of hydrogen-bond donors (Lipinski definition) is 3. The summed E-state index contributed by atoms with van der Waals surface area (Å²) in [6.07, 6.45) is 1.32. The average Bonchev–Trinajstić information content (AvgIpc) is 3.35. The Kier molecular flexibility index (Phi) is 6.26. The first-order valence-electron chi connectivity index (χ1n) is 12.9. The van der Waals surface area contributed by atoms with Crippen LogP contribution in [0.1, 0.15) is 31.4 Å². The predicted octanol–water partition coefficient (Wildman–Crippen LogP) is 2.52. The summed E-state index contributed by atoms with van der Waals surface area (Å²) in [5.74, 6) is -3.81. The Morgan fingerprint density at radius 3 is 2.65 bits per heavy atom. The lowest BCUT2D eigenvalue weighted by Crippen LogP contribution is -2.74. The molecule has 0 spiro atoms. The van der Waals surface area contributed by atoms with Gasteiger partial charge in [-0.05, 0) is 43.5 Å². The molecule has 1 saturated heterocycles. The zero-order chi connectivity index (χ0) is 28.2. The highest BCUT2D eigenvalue weighted by Crippen LogP contribution is 2.46. The lowest BCUT2D eigenvalue weighted by molar-refractivity contribution is -0.172. The van der Waals surface area contributed by atoms with Crippen LogP contribution in [0.3, 0.4) is 0 Å². The molecule has 5 N–H and O–H groups in total. The molecule has 4 aromatic rings. The number of aliphatic hydroxyl groups is 1. The van der Waals surface area contributed by atoms with E-state index in [0.717, 1.165) is 0 Å².